The van der Waals surface area contributed by atoms with Crippen molar-refractivity contribution in [3.63, 3.8) is 0 Å². The fourth-order valence-electron chi connectivity index (χ4n) is 3.60. The number of aromatic nitrogens is 1. The standard InChI is InChI=1S/C16H21F3N2O2/c1-15(22)6-8-23-10-12(15)13-3-2-7-21(13)14-5-4-11(9-20-14)16(17,18)19/h4-5,9,12-13,22H,2-3,6-8,10H2,1H3/t12-,13-,15-/m0/s1. The van der Waals surface area contributed by atoms with Crippen molar-refractivity contribution in [2.45, 2.75) is 44.0 Å². The highest BCUT2D eigenvalue weighted by atomic mass is 19.4. The first-order valence-corrected chi connectivity index (χ1v) is 7.89. The van der Waals surface area contributed by atoms with Gasteiger partial charge in [-0.25, -0.2) is 4.98 Å². The molecule has 4 nitrogen and oxygen atoms in total. The monoisotopic (exact) mass is 330 g/mol. The highest BCUT2D eigenvalue weighted by Crippen LogP contribution is 2.38. The smallest absolute Gasteiger partial charge is 0.390 e. The van der Waals surface area contributed by atoms with E-state index in [1.165, 1.54) is 6.07 Å². The van der Waals surface area contributed by atoms with Crippen LogP contribution in [0.15, 0.2) is 18.3 Å². The Morgan fingerprint density at radius 3 is 2.78 bits per heavy atom. The van der Waals surface area contributed by atoms with E-state index in [2.05, 4.69) is 4.98 Å². The molecule has 0 aliphatic carbocycles. The van der Waals surface area contributed by atoms with E-state index < -0.39 is 17.3 Å². The molecule has 1 N–H and O–H groups in total. The normalized spacial score (nSPS) is 32.3. The molecule has 0 aromatic carbocycles. The van der Waals surface area contributed by atoms with Crippen LogP contribution in [0.4, 0.5) is 19.0 Å². The summed E-state index contributed by atoms with van der Waals surface area (Å²) in [5.74, 6) is 0.463. The molecule has 23 heavy (non-hydrogen) atoms. The summed E-state index contributed by atoms with van der Waals surface area (Å²) in [5.41, 5.74) is -1.57. The lowest BCUT2D eigenvalue weighted by molar-refractivity contribution is -0.137. The molecule has 2 fully saturated rings. The van der Waals surface area contributed by atoms with Crippen LogP contribution in [0.3, 0.4) is 0 Å². The van der Waals surface area contributed by atoms with Crippen molar-refractivity contribution in [1.29, 1.82) is 0 Å². The third kappa shape index (κ3) is 3.30. The van der Waals surface area contributed by atoms with Gasteiger partial charge in [0, 0.05) is 31.3 Å². The molecule has 3 heterocycles. The second-order valence-corrected chi connectivity index (χ2v) is 6.59. The van der Waals surface area contributed by atoms with Crippen molar-refractivity contribution in [2.24, 2.45) is 5.92 Å². The summed E-state index contributed by atoms with van der Waals surface area (Å²) in [4.78, 5) is 6.01. The van der Waals surface area contributed by atoms with Gasteiger partial charge in [0.1, 0.15) is 5.82 Å². The van der Waals surface area contributed by atoms with Crippen LogP contribution in [-0.4, -0.2) is 41.5 Å². The Morgan fingerprint density at radius 2 is 2.17 bits per heavy atom. The molecule has 3 atom stereocenters. The molecule has 0 amide bonds. The number of ether oxygens (including phenoxy) is 1. The number of alkyl halides is 3. The lowest BCUT2D eigenvalue weighted by Gasteiger charge is -2.43. The van der Waals surface area contributed by atoms with Gasteiger partial charge in [-0.2, -0.15) is 13.2 Å². The van der Waals surface area contributed by atoms with Crippen LogP contribution < -0.4 is 4.90 Å². The van der Waals surface area contributed by atoms with E-state index in [9.17, 15) is 18.3 Å². The minimum absolute atomic E-state index is 0.0366. The van der Waals surface area contributed by atoms with Gasteiger partial charge in [0.15, 0.2) is 0 Å². The van der Waals surface area contributed by atoms with Gasteiger partial charge in [-0.3, -0.25) is 0 Å². The fraction of sp³-hybridized carbons (Fsp3) is 0.688. The Bertz CT molecular complexity index is 545. The first-order valence-electron chi connectivity index (χ1n) is 7.89. The van der Waals surface area contributed by atoms with Crippen molar-refractivity contribution >= 4 is 5.82 Å². The van der Waals surface area contributed by atoms with E-state index in [1.54, 1.807) is 0 Å². The number of hydrogen-bond acceptors (Lipinski definition) is 4. The second kappa shape index (κ2) is 5.94. The van der Waals surface area contributed by atoms with Gasteiger partial charge in [0.05, 0.1) is 17.8 Å². The van der Waals surface area contributed by atoms with E-state index in [0.717, 1.165) is 31.6 Å². The van der Waals surface area contributed by atoms with Crippen molar-refractivity contribution in [3.05, 3.63) is 23.9 Å². The minimum Gasteiger partial charge on any atom is -0.390 e. The molecule has 0 unspecified atom stereocenters. The lowest BCUT2D eigenvalue weighted by Crippen LogP contribution is -2.52. The molecule has 0 saturated carbocycles. The summed E-state index contributed by atoms with van der Waals surface area (Å²) in [6.45, 7) is 3.55. The Morgan fingerprint density at radius 1 is 1.39 bits per heavy atom. The van der Waals surface area contributed by atoms with Crippen LogP contribution in [0.25, 0.3) is 0 Å². The maximum Gasteiger partial charge on any atom is 0.417 e. The van der Waals surface area contributed by atoms with Gasteiger partial charge >= 0.3 is 6.18 Å². The largest absolute Gasteiger partial charge is 0.417 e. The third-order valence-corrected chi connectivity index (χ3v) is 4.98. The zero-order valence-corrected chi connectivity index (χ0v) is 13.0. The summed E-state index contributed by atoms with van der Waals surface area (Å²) in [6, 6.07) is 2.52. The van der Waals surface area contributed by atoms with Crippen LogP contribution in [0, 0.1) is 5.92 Å². The average molecular weight is 330 g/mol. The van der Waals surface area contributed by atoms with E-state index >= 15 is 0 Å². The maximum atomic E-state index is 12.7. The predicted molar refractivity (Wildman–Crippen MR) is 79.2 cm³/mol. The van der Waals surface area contributed by atoms with Crippen molar-refractivity contribution < 1.29 is 23.0 Å². The summed E-state index contributed by atoms with van der Waals surface area (Å²) < 4.78 is 43.5. The van der Waals surface area contributed by atoms with Crippen LogP contribution in [0.5, 0.6) is 0 Å². The number of nitrogens with zero attached hydrogens (tertiary/aromatic N) is 2. The Labute approximate surface area is 133 Å². The summed E-state index contributed by atoms with van der Waals surface area (Å²) in [5, 5.41) is 10.6. The van der Waals surface area contributed by atoms with Gasteiger partial charge in [0.2, 0.25) is 0 Å². The maximum absolute atomic E-state index is 12.7. The Balaban J connectivity index is 1.81. The number of rotatable bonds is 2. The molecule has 2 saturated heterocycles. The van der Waals surface area contributed by atoms with E-state index in [1.807, 2.05) is 11.8 Å². The van der Waals surface area contributed by atoms with Gasteiger partial charge in [-0.05, 0) is 38.3 Å². The molecule has 2 aliphatic rings. The summed E-state index contributed by atoms with van der Waals surface area (Å²) >= 11 is 0. The quantitative estimate of drug-likeness (QED) is 0.906. The summed E-state index contributed by atoms with van der Waals surface area (Å²) in [6.07, 6.45) is -1.12. The zero-order chi connectivity index (χ0) is 16.7. The number of aliphatic hydroxyl groups is 1. The highest BCUT2D eigenvalue weighted by molar-refractivity contribution is 5.43. The van der Waals surface area contributed by atoms with Gasteiger partial charge in [0.25, 0.3) is 0 Å². The molecule has 0 spiro atoms. The number of hydrogen-bond donors (Lipinski definition) is 1. The van der Waals surface area contributed by atoms with Crippen LogP contribution in [0.2, 0.25) is 0 Å². The third-order valence-electron chi connectivity index (χ3n) is 4.98. The SMILES string of the molecule is C[C@]1(O)CCOC[C@H]1[C@@H]1CCCN1c1ccc(C(F)(F)F)cn1. The zero-order valence-electron chi connectivity index (χ0n) is 13.0. The topological polar surface area (TPSA) is 45.6 Å². The predicted octanol–water partition coefficient (Wildman–Crippen LogP) is 2.86. The molecule has 7 heteroatoms. The van der Waals surface area contributed by atoms with Crippen molar-refractivity contribution in [2.75, 3.05) is 24.7 Å². The molecular formula is C16H21F3N2O2. The van der Waals surface area contributed by atoms with Gasteiger partial charge in [-0.15, -0.1) is 0 Å². The van der Waals surface area contributed by atoms with Crippen molar-refractivity contribution in [3.8, 4) is 0 Å². The molecule has 2 aliphatic heterocycles. The Hall–Kier alpha value is -1.34. The first-order chi connectivity index (χ1) is 10.8. The van der Waals surface area contributed by atoms with Gasteiger partial charge < -0.3 is 14.7 Å². The lowest BCUT2D eigenvalue weighted by atomic mass is 9.79. The molecule has 0 bridgehead atoms. The Kier molecular flexibility index (Phi) is 4.27. The van der Waals surface area contributed by atoms with E-state index in [0.29, 0.717) is 25.5 Å². The molecule has 128 valence electrons. The molecule has 1 aromatic rings. The van der Waals surface area contributed by atoms with Crippen molar-refractivity contribution in [1.82, 2.24) is 4.98 Å². The second-order valence-electron chi connectivity index (χ2n) is 6.59. The minimum atomic E-state index is -4.38. The molecule has 0 radical (unpaired) electrons. The molecule has 1 aromatic heterocycles. The highest BCUT2D eigenvalue weighted by Gasteiger charge is 2.44. The van der Waals surface area contributed by atoms with Crippen LogP contribution >= 0.6 is 0 Å². The number of anilines is 1. The first kappa shape index (κ1) is 16.5. The molecular weight excluding hydrogens is 309 g/mol. The molecule has 3 rings (SSSR count). The fourth-order valence-corrected chi connectivity index (χ4v) is 3.60. The van der Waals surface area contributed by atoms with E-state index in [-0.39, 0.29) is 12.0 Å². The van der Waals surface area contributed by atoms with E-state index in [4.69, 9.17) is 4.74 Å². The van der Waals surface area contributed by atoms with Crippen LogP contribution in [-0.2, 0) is 10.9 Å². The van der Waals surface area contributed by atoms with Gasteiger partial charge in [-0.1, -0.05) is 0 Å². The van der Waals surface area contributed by atoms with Crippen LogP contribution in [0.1, 0.15) is 31.7 Å². The number of pyridine rings is 1. The summed E-state index contributed by atoms with van der Waals surface area (Å²) in [7, 11) is 0. The number of halogens is 3. The average Bonchev–Trinajstić information content (AvgIpc) is 2.95.